The highest BCUT2D eigenvalue weighted by Gasteiger charge is 2.63. The summed E-state index contributed by atoms with van der Waals surface area (Å²) in [4.78, 5) is 64.5. The summed E-state index contributed by atoms with van der Waals surface area (Å²) in [7, 11) is -2.30. The number of carbonyl (C=O) groups is 4. The molecule has 0 bridgehead atoms. The third-order valence-corrected chi connectivity index (χ3v) is 17.2. The second-order valence-electron chi connectivity index (χ2n) is 19.1. The molecule has 1 saturated heterocycles. The topological polar surface area (TPSA) is 158 Å². The predicted molar refractivity (Wildman–Crippen MR) is 220 cm³/mol. The SMILES string of the molecule is COc1ccc2nc(C3CCC3)c3c(c2c1)CC[C@]1(C[C@H]2C(=O)C[C@]4(C(=O)NS(=O)(=O)C5(C)CC5)C[C@H]4/C=C\CCCCC[C@H](CC(=O)OC4CCCC4)C(=O)N2C1)O3. The van der Waals surface area contributed by atoms with Crippen molar-refractivity contribution in [2.45, 2.75) is 164 Å². The van der Waals surface area contributed by atoms with Crippen molar-refractivity contribution in [2.75, 3.05) is 13.7 Å². The number of allylic oxidation sites excluding steroid dienone is 2. The van der Waals surface area contributed by atoms with E-state index in [1.807, 2.05) is 30.4 Å². The molecular weight excluding hydrogens is 771 g/mol. The quantitative estimate of drug-likeness (QED) is 0.214. The third-order valence-electron chi connectivity index (χ3n) is 15.0. The molecule has 13 heteroatoms. The van der Waals surface area contributed by atoms with Gasteiger partial charge in [0.05, 0.1) is 47.5 Å². The number of fused-ring (bicyclic) bond motifs is 5. The fourth-order valence-electron chi connectivity index (χ4n) is 10.5. The minimum Gasteiger partial charge on any atom is -0.497 e. The fraction of sp³-hybridized carbons (Fsp3) is 0.674. The summed E-state index contributed by atoms with van der Waals surface area (Å²) in [6.45, 7) is 1.80. The molecule has 2 aromatic rings. The Labute approximate surface area is 347 Å². The summed E-state index contributed by atoms with van der Waals surface area (Å²) < 4.78 is 46.8. The molecule has 4 aliphatic carbocycles. The lowest BCUT2D eigenvalue weighted by molar-refractivity contribution is -0.154. The van der Waals surface area contributed by atoms with Crippen LogP contribution in [-0.2, 0) is 40.4 Å². The Bertz CT molecular complexity index is 2170. The van der Waals surface area contributed by atoms with Gasteiger partial charge in [0.2, 0.25) is 21.8 Å². The molecule has 9 rings (SSSR count). The second-order valence-corrected chi connectivity index (χ2v) is 21.3. The van der Waals surface area contributed by atoms with Crippen LogP contribution < -0.4 is 14.2 Å². The molecule has 5 fully saturated rings. The molecule has 0 unspecified atom stereocenters. The number of Topliss-reactive ketones (excluding diaryl/α,β-unsaturated/α-hetero) is 1. The molecular formula is C46H59N3O9S. The number of carbonyl (C=O) groups excluding carboxylic acids is 4. The smallest absolute Gasteiger partial charge is 0.306 e. The molecule has 5 atom stereocenters. The van der Waals surface area contributed by atoms with E-state index >= 15 is 4.79 Å². The molecule has 4 saturated carbocycles. The summed E-state index contributed by atoms with van der Waals surface area (Å²) in [5.74, 6) is -0.820. The van der Waals surface area contributed by atoms with E-state index in [0.29, 0.717) is 38.5 Å². The first-order valence-electron chi connectivity index (χ1n) is 22.3. The Balaban J connectivity index is 1.06. The van der Waals surface area contributed by atoms with Crippen molar-refractivity contribution in [3.05, 3.63) is 41.6 Å². The monoisotopic (exact) mass is 829 g/mol. The lowest BCUT2D eigenvalue weighted by atomic mass is 9.79. The molecule has 1 N–H and O–H groups in total. The van der Waals surface area contributed by atoms with E-state index in [-0.39, 0.29) is 61.4 Å². The fourth-order valence-corrected chi connectivity index (χ4v) is 11.9. The maximum absolute atomic E-state index is 15.1. The van der Waals surface area contributed by atoms with Crippen molar-refractivity contribution in [3.63, 3.8) is 0 Å². The van der Waals surface area contributed by atoms with Gasteiger partial charge in [-0.05, 0) is 121 Å². The van der Waals surface area contributed by atoms with E-state index in [2.05, 4.69) is 4.72 Å². The molecule has 0 radical (unpaired) electrons. The number of aromatic nitrogens is 1. The van der Waals surface area contributed by atoms with Gasteiger partial charge in [-0.25, -0.2) is 13.4 Å². The normalized spacial score (nSPS) is 31.5. The lowest BCUT2D eigenvalue weighted by Crippen LogP contribution is -2.48. The second kappa shape index (κ2) is 15.5. The van der Waals surface area contributed by atoms with Crippen LogP contribution in [-0.4, -0.2) is 78.0 Å². The first kappa shape index (κ1) is 40.4. The number of aryl methyl sites for hydroxylation is 1. The van der Waals surface area contributed by atoms with Crippen LogP contribution in [0.3, 0.4) is 0 Å². The van der Waals surface area contributed by atoms with E-state index in [4.69, 9.17) is 19.2 Å². The third kappa shape index (κ3) is 7.67. The van der Waals surface area contributed by atoms with Crippen LogP contribution in [0.15, 0.2) is 30.4 Å². The number of methoxy groups -OCH3 is 1. The van der Waals surface area contributed by atoms with Gasteiger partial charge in [-0.15, -0.1) is 0 Å². The van der Waals surface area contributed by atoms with Gasteiger partial charge in [0.1, 0.15) is 23.2 Å². The summed E-state index contributed by atoms with van der Waals surface area (Å²) in [5.41, 5.74) is 0.729. The highest BCUT2D eigenvalue weighted by atomic mass is 32.2. The largest absolute Gasteiger partial charge is 0.497 e. The van der Waals surface area contributed by atoms with Crippen LogP contribution in [0.25, 0.3) is 10.9 Å². The van der Waals surface area contributed by atoms with E-state index in [9.17, 15) is 22.8 Å². The number of nitrogens with zero attached hydrogens (tertiary/aromatic N) is 2. The number of ketones is 1. The van der Waals surface area contributed by atoms with Gasteiger partial charge in [0.25, 0.3) is 0 Å². The van der Waals surface area contributed by atoms with E-state index in [1.54, 1.807) is 18.9 Å². The zero-order valence-corrected chi connectivity index (χ0v) is 35.4. The number of hydrogen-bond acceptors (Lipinski definition) is 10. The Morgan fingerprint density at radius 1 is 0.983 bits per heavy atom. The molecule has 318 valence electrons. The minimum absolute atomic E-state index is 0.0576. The average Bonchev–Trinajstić information content (AvgIpc) is 3.99. The molecule has 7 aliphatic rings. The summed E-state index contributed by atoms with van der Waals surface area (Å²) >= 11 is 0. The summed E-state index contributed by atoms with van der Waals surface area (Å²) in [5, 5.41) is 0.967. The van der Waals surface area contributed by atoms with Crippen LogP contribution in [0.2, 0.25) is 0 Å². The van der Waals surface area contributed by atoms with Gasteiger partial charge in [-0.2, -0.15) is 0 Å². The van der Waals surface area contributed by atoms with Crippen molar-refractivity contribution in [2.24, 2.45) is 17.3 Å². The first-order valence-corrected chi connectivity index (χ1v) is 23.8. The Hall–Kier alpha value is -4.00. The molecule has 59 heavy (non-hydrogen) atoms. The molecule has 1 spiro atoms. The van der Waals surface area contributed by atoms with Crippen LogP contribution in [0, 0.1) is 17.3 Å². The Kier molecular flexibility index (Phi) is 10.6. The lowest BCUT2D eigenvalue weighted by Gasteiger charge is -2.39. The number of nitrogens with one attached hydrogen (secondary N) is 1. The van der Waals surface area contributed by atoms with Crippen LogP contribution in [0.1, 0.15) is 146 Å². The molecule has 3 aliphatic heterocycles. The highest BCUT2D eigenvalue weighted by Crippen LogP contribution is 2.58. The average molecular weight is 830 g/mol. The van der Waals surface area contributed by atoms with Crippen molar-refractivity contribution < 1.29 is 41.8 Å². The van der Waals surface area contributed by atoms with Crippen molar-refractivity contribution in [1.29, 1.82) is 0 Å². The standard InChI is InChI=1S/C46H59N3O9S/c1-44(21-22-44)59(54,55)48-43(53)46-25-31(46)14-7-5-3-4-6-11-30(23-39(51)57-32-15-8-9-16-32)42(52)49-28-45(26-37(49)38(50)27-46)20-19-34-35-24-33(56-2)17-18-36(35)47-40(41(34)58-45)29-12-10-13-29/h7,14,17-18,24,29-32,37H,3-6,8-13,15-16,19-23,25-28H2,1-2H3,(H,48,53)/b14-7-/t30-,31-,37+,45-,46-/m1/s1. The zero-order chi connectivity index (χ0) is 41.2. The van der Waals surface area contributed by atoms with Crippen LogP contribution >= 0.6 is 0 Å². The number of hydrogen-bond donors (Lipinski definition) is 1. The van der Waals surface area contributed by atoms with Gasteiger partial charge in [-0.3, -0.25) is 23.9 Å². The molecule has 4 heterocycles. The molecule has 1 aromatic carbocycles. The van der Waals surface area contributed by atoms with E-state index in [1.165, 1.54) is 0 Å². The summed E-state index contributed by atoms with van der Waals surface area (Å²) in [6, 6.07) is 5.00. The minimum atomic E-state index is -3.94. The zero-order valence-electron chi connectivity index (χ0n) is 34.6. The van der Waals surface area contributed by atoms with Gasteiger partial charge < -0.3 is 19.1 Å². The maximum atomic E-state index is 15.1. The Morgan fingerprint density at radius 3 is 2.49 bits per heavy atom. The molecule has 1 aromatic heterocycles. The molecule has 2 amide bonds. The Morgan fingerprint density at radius 2 is 1.76 bits per heavy atom. The van der Waals surface area contributed by atoms with E-state index < -0.39 is 43.7 Å². The van der Waals surface area contributed by atoms with Gasteiger partial charge >= 0.3 is 5.97 Å². The van der Waals surface area contributed by atoms with Crippen molar-refractivity contribution in [3.8, 4) is 11.5 Å². The van der Waals surface area contributed by atoms with Crippen molar-refractivity contribution >= 4 is 44.5 Å². The number of rotatable bonds is 8. The van der Waals surface area contributed by atoms with Crippen molar-refractivity contribution in [1.82, 2.24) is 14.6 Å². The van der Waals surface area contributed by atoms with E-state index in [0.717, 1.165) is 104 Å². The van der Waals surface area contributed by atoms with Gasteiger partial charge in [-0.1, -0.05) is 31.4 Å². The van der Waals surface area contributed by atoms with Gasteiger partial charge in [0, 0.05) is 35.6 Å². The number of esters is 1. The van der Waals surface area contributed by atoms with Gasteiger partial charge in [0.15, 0.2) is 5.78 Å². The number of sulfonamides is 1. The number of benzene rings is 1. The summed E-state index contributed by atoms with van der Waals surface area (Å²) in [6.07, 6.45) is 16.9. The first-order chi connectivity index (χ1) is 28.3. The number of amides is 2. The predicted octanol–water partition coefficient (Wildman–Crippen LogP) is 7.15. The number of ether oxygens (including phenoxy) is 3. The van der Waals surface area contributed by atoms with Crippen LogP contribution in [0.4, 0.5) is 0 Å². The van der Waals surface area contributed by atoms with Crippen LogP contribution in [0.5, 0.6) is 11.5 Å². The number of pyridine rings is 1. The maximum Gasteiger partial charge on any atom is 0.306 e. The molecule has 12 nitrogen and oxygen atoms in total. The highest BCUT2D eigenvalue weighted by molar-refractivity contribution is 7.91.